The molecule has 2 N–H and O–H groups in total. The van der Waals surface area contributed by atoms with Crippen molar-refractivity contribution in [2.24, 2.45) is 0 Å². The van der Waals surface area contributed by atoms with Gasteiger partial charge in [0.25, 0.3) is 0 Å². The first kappa shape index (κ1) is 16.9. The van der Waals surface area contributed by atoms with Crippen LogP contribution < -0.4 is 14.2 Å². The average molecular weight is 342 g/mol. The molecule has 0 bridgehead atoms. The molecule has 0 fully saturated rings. The molecule has 0 spiro atoms. The maximum absolute atomic E-state index is 11.9. The number of aliphatic hydroxyl groups is 1. The van der Waals surface area contributed by atoms with Gasteiger partial charge in [-0.15, -0.1) is 0 Å². The molecule has 2 aromatic rings. The molecule has 0 amide bonds. The van der Waals surface area contributed by atoms with Crippen molar-refractivity contribution in [2.75, 3.05) is 6.79 Å². The molecule has 0 atom stereocenters. The van der Waals surface area contributed by atoms with Crippen molar-refractivity contribution < 1.29 is 29.2 Å². The van der Waals surface area contributed by atoms with Gasteiger partial charge in [0.1, 0.15) is 11.5 Å². The Labute approximate surface area is 144 Å². The minimum Gasteiger partial charge on any atom is -0.508 e. The van der Waals surface area contributed by atoms with Crippen LogP contribution in [0.25, 0.3) is 6.08 Å². The standard InChI is InChI=1S/C19H18O6/c20-11-14-9-13(5-7-16(14)21)3-1-2-4-19(22)25-15-6-8-17-18(10-15)24-12-23-17/h1,3,5-10,20-21H,2,4,11-12H2. The lowest BCUT2D eigenvalue weighted by Gasteiger charge is -2.04. The maximum atomic E-state index is 11.9. The van der Waals surface area contributed by atoms with Gasteiger partial charge in [0.15, 0.2) is 11.5 Å². The summed E-state index contributed by atoms with van der Waals surface area (Å²) in [7, 11) is 0. The largest absolute Gasteiger partial charge is 0.508 e. The fraction of sp³-hybridized carbons (Fsp3) is 0.211. The molecule has 6 nitrogen and oxygen atoms in total. The van der Waals surface area contributed by atoms with Crippen molar-refractivity contribution in [3.05, 3.63) is 53.6 Å². The summed E-state index contributed by atoms with van der Waals surface area (Å²) >= 11 is 0. The highest BCUT2D eigenvalue weighted by Gasteiger charge is 2.14. The molecule has 0 unspecified atom stereocenters. The van der Waals surface area contributed by atoms with Gasteiger partial charge in [-0.1, -0.05) is 18.2 Å². The van der Waals surface area contributed by atoms with E-state index < -0.39 is 0 Å². The van der Waals surface area contributed by atoms with Gasteiger partial charge < -0.3 is 24.4 Å². The fourth-order valence-electron chi connectivity index (χ4n) is 2.38. The van der Waals surface area contributed by atoms with Gasteiger partial charge in [-0.05, 0) is 36.2 Å². The van der Waals surface area contributed by atoms with Crippen molar-refractivity contribution in [3.63, 3.8) is 0 Å². The van der Waals surface area contributed by atoms with Crippen LogP contribution in [-0.4, -0.2) is 23.0 Å². The summed E-state index contributed by atoms with van der Waals surface area (Å²) in [4.78, 5) is 11.9. The number of aromatic hydroxyl groups is 1. The quantitative estimate of drug-likeness (QED) is 0.620. The van der Waals surface area contributed by atoms with Crippen LogP contribution in [0.15, 0.2) is 42.5 Å². The van der Waals surface area contributed by atoms with Crippen LogP contribution in [0.3, 0.4) is 0 Å². The molecule has 1 aliphatic rings. The highest BCUT2D eigenvalue weighted by Crippen LogP contribution is 2.35. The Balaban J connectivity index is 1.49. The van der Waals surface area contributed by atoms with Crippen molar-refractivity contribution in [3.8, 4) is 23.0 Å². The number of carbonyl (C=O) groups excluding carboxylic acids is 1. The van der Waals surface area contributed by atoms with Crippen LogP contribution >= 0.6 is 0 Å². The van der Waals surface area contributed by atoms with Gasteiger partial charge in [0.05, 0.1) is 6.61 Å². The van der Waals surface area contributed by atoms with Crippen molar-refractivity contribution in [1.29, 1.82) is 0 Å². The summed E-state index contributed by atoms with van der Waals surface area (Å²) in [6.45, 7) is -0.0534. The smallest absolute Gasteiger partial charge is 0.311 e. The van der Waals surface area contributed by atoms with Crippen LogP contribution in [0, 0.1) is 0 Å². The van der Waals surface area contributed by atoms with E-state index in [-0.39, 0.29) is 31.5 Å². The Bertz CT molecular complexity index is 796. The second-order valence-corrected chi connectivity index (χ2v) is 5.48. The molecule has 1 heterocycles. The van der Waals surface area contributed by atoms with Gasteiger partial charge in [-0.3, -0.25) is 4.79 Å². The Morgan fingerprint density at radius 1 is 1.16 bits per heavy atom. The Kier molecular flexibility index (Phi) is 5.20. The maximum Gasteiger partial charge on any atom is 0.311 e. The molecule has 0 saturated heterocycles. The predicted octanol–water partition coefficient (Wildman–Crippen LogP) is 3.01. The monoisotopic (exact) mass is 342 g/mol. The van der Waals surface area contributed by atoms with E-state index in [1.54, 1.807) is 30.3 Å². The first-order valence-corrected chi connectivity index (χ1v) is 7.85. The van der Waals surface area contributed by atoms with Gasteiger partial charge in [-0.2, -0.15) is 0 Å². The van der Waals surface area contributed by atoms with E-state index in [1.165, 1.54) is 6.07 Å². The lowest BCUT2D eigenvalue weighted by atomic mass is 10.1. The Morgan fingerprint density at radius 2 is 2.00 bits per heavy atom. The lowest BCUT2D eigenvalue weighted by molar-refractivity contribution is -0.134. The van der Waals surface area contributed by atoms with Crippen molar-refractivity contribution in [1.82, 2.24) is 0 Å². The second kappa shape index (κ2) is 7.72. The predicted molar refractivity (Wildman–Crippen MR) is 90.5 cm³/mol. The summed E-state index contributed by atoms with van der Waals surface area (Å²) in [6, 6.07) is 9.94. The number of hydrogen-bond acceptors (Lipinski definition) is 6. The number of ether oxygens (including phenoxy) is 3. The molecule has 0 aromatic heterocycles. The zero-order chi connectivity index (χ0) is 17.6. The molecule has 3 rings (SSSR count). The van der Waals surface area contributed by atoms with Crippen molar-refractivity contribution in [2.45, 2.75) is 19.4 Å². The van der Waals surface area contributed by atoms with Crippen LogP contribution in [0.1, 0.15) is 24.0 Å². The molecule has 0 aliphatic carbocycles. The summed E-state index contributed by atoms with van der Waals surface area (Å²) in [6.07, 6.45) is 4.41. The minimum atomic E-state index is -0.342. The number of allylic oxidation sites excluding steroid dienone is 1. The molecule has 6 heteroatoms. The first-order valence-electron chi connectivity index (χ1n) is 7.85. The summed E-state index contributed by atoms with van der Waals surface area (Å²) in [5.41, 5.74) is 1.30. The molecule has 0 saturated carbocycles. The number of fused-ring (bicyclic) bond motifs is 1. The topological polar surface area (TPSA) is 85.2 Å². The normalized spacial score (nSPS) is 12.5. The van der Waals surface area contributed by atoms with Gasteiger partial charge >= 0.3 is 5.97 Å². The Morgan fingerprint density at radius 3 is 2.84 bits per heavy atom. The molecule has 0 radical (unpaired) electrons. The molecule has 1 aliphatic heterocycles. The Hall–Kier alpha value is -2.99. The van der Waals surface area contributed by atoms with E-state index in [2.05, 4.69) is 0 Å². The highest BCUT2D eigenvalue weighted by atomic mass is 16.7. The number of rotatable bonds is 6. The highest BCUT2D eigenvalue weighted by molar-refractivity contribution is 5.73. The van der Waals surface area contributed by atoms with Crippen LogP contribution in [0.2, 0.25) is 0 Å². The number of phenols is 1. The summed E-state index contributed by atoms with van der Waals surface area (Å²) in [5.74, 6) is 1.35. The molecular formula is C19H18O6. The van der Waals surface area contributed by atoms with E-state index in [1.807, 2.05) is 12.2 Å². The van der Waals surface area contributed by atoms with E-state index in [9.17, 15) is 9.90 Å². The van der Waals surface area contributed by atoms with E-state index in [0.29, 0.717) is 29.2 Å². The van der Waals surface area contributed by atoms with Gasteiger partial charge in [-0.25, -0.2) is 0 Å². The third-order valence-corrected chi connectivity index (χ3v) is 3.68. The minimum absolute atomic E-state index is 0.0620. The van der Waals surface area contributed by atoms with E-state index in [0.717, 1.165) is 5.56 Å². The van der Waals surface area contributed by atoms with E-state index in [4.69, 9.17) is 19.3 Å². The number of esters is 1. The lowest BCUT2D eigenvalue weighted by Crippen LogP contribution is -2.06. The number of hydrogen-bond donors (Lipinski definition) is 2. The third kappa shape index (κ3) is 4.30. The van der Waals surface area contributed by atoms with Crippen LogP contribution in [-0.2, 0) is 11.4 Å². The first-order chi connectivity index (χ1) is 12.2. The van der Waals surface area contributed by atoms with Gasteiger partial charge in [0.2, 0.25) is 6.79 Å². The SMILES string of the molecule is O=C(CCC=Cc1ccc(O)c(CO)c1)Oc1ccc2c(c1)OCO2. The summed E-state index contributed by atoms with van der Waals surface area (Å²) in [5, 5.41) is 18.6. The number of benzene rings is 2. The van der Waals surface area contributed by atoms with Crippen molar-refractivity contribution >= 4 is 12.0 Å². The fourth-order valence-corrected chi connectivity index (χ4v) is 2.38. The third-order valence-electron chi connectivity index (χ3n) is 3.68. The zero-order valence-electron chi connectivity index (χ0n) is 13.5. The molecule has 25 heavy (non-hydrogen) atoms. The number of aliphatic hydroxyl groups excluding tert-OH is 1. The van der Waals surface area contributed by atoms with Crippen LogP contribution in [0.5, 0.6) is 23.0 Å². The number of carbonyl (C=O) groups is 1. The van der Waals surface area contributed by atoms with Gasteiger partial charge in [0, 0.05) is 18.1 Å². The molecule has 2 aromatic carbocycles. The second-order valence-electron chi connectivity index (χ2n) is 5.48. The molecule has 130 valence electrons. The van der Waals surface area contributed by atoms with E-state index >= 15 is 0 Å². The molecular weight excluding hydrogens is 324 g/mol. The van der Waals surface area contributed by atoms with Crippen LogP contribution in [0.4, 0.5) is 0 Å². The summed E-state index contributed by atoms with van der Waals surface area (Å²) < 4.78 is 15.7. The zero-order valence-corrected chi connectivity index (χ0v) is 13.5. The average Bonchev–Trinajstić information content (AvgIpc) is 3.07.